The van der Waals surface area contributed by atoms with Crippen molar-refractivity contribution >= 4 is 28.4 Å². The van der Waals surface area contributed by atoms with Gasteiger partial charge in [-0.1, -0.05) is 23.7 Å². The summed E-state index contributed by atoms with van der Waals surface area (Å²) in [4.78, 5) is 24.7. The Morgan fingerprint density at radius 1 is 0.933 bits per heavy atom. The number of hydrogen-bond acceptors (Lipinski definition) is 5. The molecule has 0 unspecified atom stereocenters. The van der Waals surface area contributed by atoms with Crippen molar-refractivity contribution < 1.29 is 18.7 Å². The molecule has 0 aliphatic carbocycles. The number of hydrogen-bond donors (Lipinski definition) is 0. The highest BCUT2D eigenvalue weighted by molar-refractivity contribution is 6.30. The summed E-state index contributed by atoms with van der Waals surface area (Å²) in [7, 11) is 1.59. The first-order valence-electron chi connectivity index (χ1n) is 9.17. The minimum atomic E-state index is -0.456. The SMILES string of the molecule is COc1ccc(-c2cc3ccc(OCC(=O)c4ccc(Cl)cc4)cc3oc2=O)cc1. The van der Waals surface area contributed by atoms with E-state index in [1.54, 1.807) is 79.9 Å². The normalized spacial score (nSPS) is 10.7. The maximum atomic E-state index is 12.5. The summed E-state index contributed by atoms with van der Waals surface area (Å²) in [6.45, 7) is -0.138. The van der Waals surface area contributed by atoms with Crippen LogP contribution in [0.5, 0.6) is 11.5 Å². The van der Waals surface area contributed by atoms with Gasteiger partial charge < -0.3 is 13.9 Å². The summed E-state index contributed by atoms with van der Waals surface area (Å²) in [5.74, 6) is 0.965. The van der Waals surface area contributed by atoms with Gasteiger partial charge in [-0.3, -0.25) is 4.79 Å². The molecule has 0 N–H and O–H groups in total. The maximum absolute atomic E-state index is 12.5. The van der Waals surface area contributed by atoms with Gasteiger partial charge in [-0.15, -0.1) is 0 Å². The molecule has 0 fully saturated rings. The molecule has 4 rings (SSSR count). The minimum absolute atomic E-state index is 0.138. The number of halogens is 1. The van der Waals surface area contributed by atoms with Crippen LogP contribution in [0.3, 0.4) is 0 Å². The van der Waals surface area contributed by atoms with Gasteiger partial charge in [0.1, 0.15) is 17.1 Å². The standard InChI is InChI=1S/C24H17ClO5/c1-28-19-9-4-15(5-10-19)21-12-17-6-11-20(13-23(17)30-24(21)27)29-14-22(26)16-2-7-18(25)8-3-16/h2-13H,14H2,1H3. The predicted molar refractivity (Wildman–Crippen MR) is 116 cm³/mol. The molecule has 0 atom stereocenters. The van der Waals surface area contributed by atoms with E-state index in [4.69, 9.17) is 25.5 Å². The van der Waals surface area contributed by atoms with Gasteiger partial charge in [0, 0.05) is 22.0 Å². The largest absolute Gasteiger partial charge is 0.497 e. The van der Waals surface area contributed by atoms with Gasteiger partial charge in [0.25, 0.3) is 0 Å². The van der Waals surface area contributed by atoms with Gasteiger partial charge in [-0.25, -0.2) is 4.79 Å². The van der Waals surface area contributed by atoms with Gasteiger partial charge >= 0.3 is 5.63 Å². The molecule has 0 aliphatic rings. The highest BCUT2D eigenvalue weighted by atomic mass is 35.5. The number of carbonyl (C=O) groups is 1. The summed E-state index contributed by atoms with van der Waals surface area (Å²) in [5.41, 5.74) is 1.63. The lowest BCUT2D eigenvalue weighted by Gasteiger charge is -2.08. The van der Waals surface area contributed by atoms with E-state index in [2.05, 4.69) is 0 Å². The summed E-state index contributed by atoms with van der Waals surface area (Å²) in [6, 6.07) is 20.7. The molecule has 1 aromatic heterocycles. The first-order valence-corrected chi connectivity index (χ1v) is 9.55. The van der Waals surface area contributed by atoms with E-state index in [1.807, 2.05) is 0 Å². The Kier molecular flexibility index (Phi) is 5.55. The van der Waals surface area contributed by atoms with Gasteiger partial charge in [0.2, 0.25) is 0 Å². The topological polar surface area (TPSA) is 65.7 Å². The smallest absolute Gasteiger partial charge is 0.344 e. The second-order valence-corrected chi connectivity index (χ2v) is 7.03. The predicted octanol–water partition coefficient (Wildman–Crippen LogP) is 5.38. The van der Waals surface area contributed by atoms with Crippen molar-refractivity contribution in [2.45, 2.75) is 0 Å². The third-order valence-electron chi connectivity index (χ3n) is 4.64. The molecule has 0 amide bonds. The van der Waals surface area contributed by atoms with Crippen LogP contribution in [0.1, 0.15) is 10.4 Å². The van der Waals surface area contributed by atoms with E-state index in [1.165, 1.54) is 0 Å². The zero-order valence-electron chi connectivity index (χ0n) is 16.1. The second kappa shape index (κ2) is 8.43. The molecule has 3 aromatic carbocycles. The zero-order valence-corrected chi connectivity index (χ0v) is 16.8. The highest BCUT2D eigenvalue weighted by Crippen LogP contribution is 2.26. The molecule has 30 heavy (non-hydrogen) atoms. The van der Waals surface area contributed by atoms with E-state index in [0.29, 0.717) is 33.2 Å². The quantitative estimate of drug-likeness (QED) is 0.309. The van der Waals surface area contributed by atoms with Gasteiger partial charge in [0.05, 0.1) is 12.7 Å². The van der Waals surface area contributed by atoms with Gasteiger partial charge in [0.15, 0.2) is 12.4 Å². The molecule has 0 spiro atoms. The van der Waals surface area contributed by atoms with Crippen LogP contribution in [0.4, 0.5) is 0 Å². The van der Waals surface area contributed by atoms with Crippen molar-refractivity contribution in [3.05, 3.63) is 93.8 Å². The minimum Gasteiger partial charge on any atom is -0.497 e. The van der Waals surface area contributed by atoms with E-state index >= 15 is 0 Å². The molecule has 0 aliphatic heterocycles. The number of benzene rings is 3. The molecule has 6 heteroatoms. The second-order valence-electron chi connectivity index (χ2n) is 6.59. The molecule has 1 heterocycles. The van der Waals surface area contributed by atoms with Crippen LogP contribution in [-0.4, -0.2) is 19.5 Å². The Morgan fingerprint density at radius 3 is 2.33 bits per heavy atom. The monoisotopic (exact) mass is 420 g/mol. The molecular formula is C24H17ClO5. The first-order chi connectivity index (χ1) is 14.5. The van der Waals surface area contributed by atoms with Crippen molar-refractivity contribution in [1.82, 2.24) is 0 Å². The maximum Gasteiger partial charge on any atom is 0.344 e. The van der Waals surface area contributed by atoms with E-state index < -0.39 is 5.63 Å². The molecular weight excluding hydrogens is 404 g/mol. The fourth-order valence-electron chi connectivity index (χ4n) is 3.02. The van der Waals surface area contributed by atoms with Crippen molar-refractivity contribution in [1.29, 1.82) is 0 Å². The molecule has 0 bridgehead atoms. The molecule has 0 saturated heterocycles. The Labute approximate surface area is 177 Å². The lowest BCUT2D eigenvalue weighted by molar-refractivity contribution is 0.0921. The van der Waals surface area contributed by atoms with Crippen molar-refractivity contribution in [3.63, 3.8) is 0 Å². The lowest BCUT2D eigenvalue weighted by atomic mass is 10.1. The van der Waals surface area contributed by atoms with Crippen LogP contribution in [0, 0.1) is 0 Å². The van der Waals surface area contributed by atoms with Gasteiger partial charge in [-0.05, 0) is 60.2 Å². The molecule has 150 valence electrons. The third-order valence-corrected chi connectivity index (χ3v) is 4.90. The lowest BCUT2D eigenvalue weighted by Crippen LogP contribution is -2.11. The van der Waals surface area contributed by atoms with Crippen LogP contribution in [0.15, 0.2) is 82.0 Å². The Bertz CT molecular complexity index is 1260. The first kappa shape index (κ1) is 19.7. The Morgan fingerprint density at radius 2 is 1.63 bits per heavy atom. The number of carbonyl (C=O) groups excluding carboxylic acids is 1. The highest BCUT2D eigenvalue weighted by Gasteiger charge is 2.11. The average Bonchev–Trinajstić information content (AvgIpc) is 2.77. The van der Waals surface area contributed by atoms with Gasteiger partial charge in [-0.2, -0.15) is 0 Å². The van der Waals surface area contributed by atoms with Crippen LogP contribution in [0.25, 0.3) is 22.1 Å². The summed E-state index contributed by atoms with van der Waals surface area (Å²) in [5, 5.41) is 1.31. The summed E-state index contributed by atoms with van der Waals surface area (Å²) >= 11 is 5.84. The molecule has 4 aromatic rings. The van der Waals surface area contributed by atoms with E-state index in [0.717, 1.165) is 10.9 Å². The molecule has 0 saturated carbocycles. The third kappa shape index (κ3) is 4.21. The number of ether oxygens (including phenoxy) is 2. The Balaban J connectivity index is 1.55. The van der Waals surface area contributed by atoms with Crippen LogP contribution in [-0.2, 0) is 0 Å². The number of ketones is 1. The van der Waals surface area contributed by atoms with Crippen molar-refractivity contribution in [3.8, 4) is 22.6 Å². The number of fused-ring (bicyclic) bond motifs is 1. The summed E-state index contributed by atoms with van der Waals surface area (Å²) in [6.07, 6.45) is 0. The van der Waals surface area contributed by atoms with E-state index in [-0.39, 0.29) is 12.4 Å². The van der Waals surface area contributed by atoms with Crippen molar-refractivity contribution in [2.75, 3.05) is 13.7 Å². The van der Waals surface area contributed by atoms with Crippen LogP contribution < -0.4 is 15.1 Å². The van der Waals surface area contributed by atoms with Crippen LogP contribution in [0.2, 0.25) is 5.02 Å². The fraction of sp³-hybridized carbons (Fsp3) is 0.0833. The van der Waals surface area contributed by atoms with Crippen LogP contribution >= 0.6 is 11.6 Å². The van der Waals surface area contributed by atoms with Crippen molar-refractivity contribution in [2.24, 2.45) is 0 Å². The molecule has 5 nitrogen and oxygen atoms in total. The molecule has 0 radical (unpaired) electrons. The zero-order chi connectivity index (χ0) is 21.1. The number of Topliss-reactive ketones (excluding diaryl/α,β-unsaturated/α-hetero) is 1. The Hall–Kier alpha value is -3.57. The number of rotatable bonds is 6. The fourth-order valence-corrected chi connectivity index (χ4v) is 3.15. The summed E-state index contributed by atoms with van der Waals surface area (Å²) < 4.78 is 16.2. The van der Waals surface area contributed by atoms with E-state index in [9.17, 15) is 9.59 Å². The number of methoxy groups -OCH3 is 1. The average molecular weight is 421 g/mol.